The fourth-order valence-electron chi connectivity index (χ4n) is 2.31. The van der Waals surface area contributed by atoms with Crippen molar-refractivity contribution in [1.29, 1.82) is 0 Å². The van der Waals surface area contributed by atoms with E-state index in [1.165, 1.54) is 0 Å². The first-order valence-corrected chi connectivity index (χ1v) is 6.81. The molecule has 2 nitrogen and oxygen atoms in total. The van der Waals surface area contributed by atoms with E-state index in [0.717, 1.165) is 31.9 Å². The zero-order valence-electron chi connectivity index (χ0n) is 11.8. The number of hydrogen-bond donors (Lipinski definition) is 2. The van der Waals surface area contributed by atoms with E-state index in [4.69, 9.17) is 0 Å². The minimum absolute atomic E-state index is 0. The second-order valence-electron chi connectivity index (χ2n) is 4.90. The van der Waals surface area contributed by atoms with Gasteiger partial charge in [0.25, 0.3) is 0 Å². The number of nitrogens with one attached hydrogen (secondary N) is 1. The number of rotatable bonds is 3. The first kappa shape index (κ1) is 18.9. The van der Waals surface area contributed by atoms with Crippen LogP contribution in [0.1, 0.15) is 11.1 Å². The first-order valence-electron chi connectivity index (χ1n) is 6.36. The zero-order valence-corrected chi connectivity index (χ0v) is 15.8. The van der Waals surface area contributed by atoms with Gasteiger partial charge in [0, 0.05) is 36.8 Å². The summed E-state index contributed by atoms with van der Waals surface area (Å²) in [5, 5.41) is 3.23. The SMILES string of the molecule is Cc1c(S)cc(N2CCNCC2)cc1C[B-](F)(F)F.[K+]. The second-order valence-corrected chi connectivity index (χ2v) is 5.38. The van der Waals surface area contributed by atoms with Gasteiger partial charge in [0.05, 0.1) is 0 Å². The zero-order chi connectivity index (χ0) is 14.0. The van der Waals surface area contributed by atoms with Crippen molar-refractivity contribution in [3.8, 4) is 0 Å². The molecule has 1 heterocycles. The van der Waals surface area contributed by atoms with Gasteiger partial charge in [0.15, 0.2) is 0 Å². The molecule has 1 aromatic carbocycles. The molecular weight excluding hydrogens is 311 g/mol. The standard InChI is InChI=1S/C12H17BF3N2S.K/c1-9-10(8-13(14,15)16)6-11(7-12(9)19)18-4-2-17-3-5-18;/h6-7,17,19H,2-5,8H2,1H3;/q-1;+1. The van der Waals surface area contributed by atoms with Crippen molar-refractivity contribution in [1.82, 2.24) is 5.32 Å². The van der Waals surface area contributed by atoms with Gasteiger partial charge in [-0.2, -0.15) is 0 Å². The van der Waals surface area contributed by atoms with E-state index < -0.39 is 13.3 Å². The number of hydrogen-bond acceptors (Lipinski definition) is 3. The van der Waals surface area contributed by atoms with Crippen molar-refractivity contribution in [2.45, 2.75) is 18.1 Å². The maximum Gasteiger partial charge on any atom is 1.00 e. The summed E-state index contributed by atoms with van der Waals surface area (Å²) in [7, 11) is 0. The van der Waals surface area contributed by atoms with Gasteiger partial charge in [-0.1, -0.05) is 11.9 Å². The van der Waals surface area contributed by atoms with Gasteiger partial charge >= 0.3 is 58.4 Å². The van der Waals surface area contributed by atoms with Crippen molar-refractivity contribution < 1.29 is 64.3 Å². The minimum Gasteiger partial charge on any atom is -0.449 e. The topological polar surface area (TPSA) is 15.3 Å². The van der Waals surface area contributed by atoms with E-state index in [-0.39, 0.29) is 51.4 Å². The Morgan fingerprint density at radius 2 is 1.85 bits per heavy atom. The maximum atomic E-state index is 12.6. The van der Waals surface area contributed by atoms with Crippen molar-refractivity contribution in [2.24, 2.45) is 0 Å². The van der Waals surface area contributed by atoms with E-state index in [1.807, 2.05) is 6.07 Å². The van der Waals surface area contributed by atoms with Gasteiger partial charge in [0.2, 0.25) is 0 Å². The summed E-state index contributed by atoms with van der Waals surface area (Å²) in [6.45, 7) is 0.213. The third-order valence-electron chi connectivity index (χ3n) is 3.41. The smallest absolute Gasteiger partial charge is 0.449 e. The third kappa shape index (κ3) is 5.23. The molecule has 0 unspecified atom stereocenters. The van der Waals surface area contributed by atoms with Gasteiger partial charge in [-0.3, -0.25) is 0 Å². The van der Waals surface area contributed by atoms with Crippen LogP contribution in [0.15, 0.2) is 17.0 Å². The van der Waals surface area contributed by atoms with Crippen LogP contribution in [0.4, 0.5) is 18.6 Å². The summed E-state index contributed by atoms with van der Waals surface area (Å²) >= 11 is 4.30. The number of anilines is 1. The molecule has 2 rings (SSSR count). The summed E-state index contributed by atoms with van der Waals surface area (Å²) < 4.78 is 37.9. The normalized spacial score (nSPS) is 15.9. The molecule has 20 heavy (non-hydrogen) atoms. The third-order valence-corrected chi connectivity index (χ3v) is 3.87. The molecule has 0 saturated carbocycles. The predicted molar refractivity (Wildman–Crippen MR) is 76.3 cm³/mol. The number of nitrogens with zero attached hydrogens (tertiary/aromatic N) is 1. The van der Waals surface area contributed by atoms with Crippen LogP contribution in [-0.4, -0.2) is 33.2 Å². The molecule has 1 N–H and O–H groups in total. The molecule has 0 aromatic heterocycles. The Kier molecular flexibility index (Phi) is 7.45. The fraction of sp³-hybridized carbons (Fsp3) is 0.500. The fourth-order valence-corrected chi connectivity index (χ4v) is 2.58. The Bertz CT molecular complexity index is 465. The summed E-state index contributed by atoms with van der Waals surface area (Å²) in [6.07, 6.45) is -0.834. The molecule has 1 aliphatic rings. The van der Waals surface area contributed by atoms with Gasteiger partial charge in [0.1, 0.15) is 0 Å². The van der Waals surface area contributed by atoms with Crippen LogP contribution < -0.4 is 61.6 Å². The van der Waals surface area contributed by atoms with Crippen LogP contribution in [0, 0.1) is 6.92 Å². The predicted octanol–water partition coefficient (Wildman–Crippen LogP) is -0.374. The molecule has 1 aromatic rings. The molecule has 1 saturated heterocycles. The molecule has 1 aliphatic heterocycles. The number of benzene rings is 1. The molecular formula is C12H17BF3KN2S. The minimum atomic E-state index is -4.82. The average Bonchev–Trinajstić information content (AvgIpc) is 2.34. The van der Waals surface area contributed by atoms with Crippen molar-refractivity contribution in [3.63, 3.8) is 0 Å². The van der Waals surface area contributed by atoms with Crippen molar-refractivity contribution in [3.05, 3.63) is 23.3 Å². The maximum absolute atomic E-state index is 12.6. The van der Waals surface area contributed by atoms with Gasteiger partial charge < -0.3 is 23.2 Å². The number of thiol groups is 1. The monoisotopic (exact) mass is 328 g/mol. The Labute approximate surface area is 165 Å². The molecule has 0 radical (unpaired) electrons. The van der Waals surface area contributed by atoms with Gasteiger partial charge in [-0.25, -0.2) is 0 Å². The molecule has 0 aliphatic carbocycles. The van der Waals surface area contributed by atoms with Crippen LogP contribution in [0.3, 0.4) is 0 Å². The molecule has 0 bridgehead atoms. The summed E-state index contributed by atoms with van der Waals surface area (Å²) in [4.78, 5) is 2.73. The molecule has 0 atom stereocenters. The van der Waals surface area contributed by atoms with Crippen LogP contribution >= 0.6 is 12.6 Å². The van der Waals surface area contributed by atoms with Crippen LogP contribution in [0.25, 0.3) is 0 Å². The number of piperazine rings is 1. The van der Waals surface area contributed by atoms with E-state index in [2.05, 4.69) is 22.8 Å². The Balaban J connectivity index is 0.00000200. The number of halogens is 3. The first-order chi connectivity index (χ1) is 8.87. The van der Waals surface area contributed by atoms with Crippen molar-refractivity contribution in [2.75, 3.05) is 31.1 Å². The van der Waals surface area contributed by atoms with Crippen molar-refractivity contribution >= 4 is 25.3 Å². The van der Waals surface area contributed by atoms with Gasteiger partial charge in [-0.15, -0.1) is 12.6 Å². The largest absolute Gasteiger partial charge is 1.00 e. The Morgan fingerprint density at radius 3 is 2.40 bits per heavy atom. The van der Waals surface area contributed by atoms with Crippen LogP contribution in [-0.2, 0) is 6.32 Å². The van der Waals surface area contributed by atoms with E-state index >= 15 is 0 Å². The second kappa shape index (κ2) is 7.90. The molecule has 0 spiro atoms. The van der Waals surface area contributed by atoms with E-state index in [0.29, 0.717) is 16.0 Å². The van der Waals surface area contributed by atoms with Crippen LogP contribution in [0.2, 0.25) is 0 Å². The summed E-state index contributed by atoms with van der Waals surface area (Å²) in [5.41, 5.74) is 1.81. The molecule has 8 heteroatoms. The Hall–Kier alpha value is 0.821. The Morgan fingerprint density at radius 1 is 1.25 bits per heavy atom. The van der Waals surface area contributed by atoms with Gasteiger partial charge in [-0.05, 0) is 24.6 Å². The quantitative estimate of drug-likeness (QED) is 0.581. The molecule has 106 valence electrons. The van der Waals surface area contributed by atoms with Crippen LogP contribution in [0.5, 0.6) is 0 Å². The van der Waals surface area contributed by atoms with E-state index in [1.54, 1.807) is 13.0 Å². The molecule has 1 fully saturated rings. The summed E-state index contributed by atoms with van der Waals surface area (Å²) in [5.74, 6) is 0. The van der Waals surface area contributed by atoms with E-state index in [9.17, 15) is 12.9 Å². The average molecular weight is 328 g/mol. The molecule has 0 amide bonds. The summed E-state index contributed by atoms with van der Waals surface area (Å²) in [6, 6.07) is 3.52.